The molecular weight excluding hydrogens is 481 g/mol. The summed E-state index contributed by atoms with van der Waals surface area (Å²) in [7, 11) is 1.80. The smallest absolute Gasteiger partial charge is 0.422 e. The molecule has 1 atom stereocenters. The number of alkyl halides is 3. The molecule has 2 saturated heterocycles. The predicted molar refractivity (Wildman–Crippen MR) is 123 cm³/mol. The van der Waals surface area contributed by atoms with Gasteiger partial charge in [0.05, 0.1) is 30.2 Å². The molecule has 0 aromatic carbocycles. The molecular formula is C23H27F3N6O4. The van der Waals surface area contributed by atoms with Gasteiger partial charge in [-0.3, -0.25) is 9.59 Å². The summed E-state index contributed by atoms with van der Waals surface area (Å²) in [4.78, 5) is 42.9. The van der Waals surface area contributed by atoms with Crippen molar-refractivity contribution in [3.05, 3.63) is 30.7 Å². The van der Waals surface area contributed by atoms with Crippen molar-refractivity contribution in [1.29, 1.82) is 0 Å². The lowest BCUT2D eigenvalue weighted by atomic mass is 9.98. The van der Waals surface area contributed by atoms with Gasteiger partial charge in [0.2, 0.25) is 17.7 Å². The molecule has 194 valence electrons. The molecule has 4 heterocycles. The Labute approximate surface area is 206 Å². The van der Waals surface area contributed by atoms with Gasteiger partial charge in [0, 0.05) is 45.2 Å². The fourth-order valence-electron chi connectivity index (χ4n) is 3.82. The van der Waals surface area contributed by atoms with Crippen LogP contribution in [-0.4, -0.2) is 83.3 Å². The highest BCUT2D eigenvalue weighted by atomic mass is 19.4. The molecule has 0 spiro atoms. The van der Waals surface area contributed by atoms with Crippen molar-refractivity contribution in [2.24, 2.45) is 5.92 Å². The van der Waals surface area contributed by atoms with E-state index in [9.17, 15) is 22.8 Å². The van der Waals surface area contributed by atoms with Crippen molar-refractivity contribution in [1.82, 2.24) is 19.9 Å². The van der Waals surface area contributed by atoms with Gasteiger partial charge in [-0.2, -0.15) is 13.2 Å². The number of carbonyl (C=O) groups is 2. The Hall–Kier alpha value is -3.64. The molecule has 2 aromatic rings. The molecule has 2 fully saturated rings. The van der Waals surface area contributed by atoms with E-state index in [1.165, 1.54) is 23.2 Å². The second kappa shape index (κ2) is 10.2. The normalized spacial score (nSPS) is 18.4. The van der Waals surface area contributed by atoms with E-state index in [0.717, 1.165) is 0 Å². The Morgan fingerprint density at radius 1 is 1.17 bits per heavy atom. The third-order valence-corrected chi connectivity index (χ3v) is 6.10. The molecule has 0 bridgehead atoms. The number of anilines is 2. The van der Waals surface area contributed by atoms with Gasteiger partial charge in [-0.15, -0.1) is 0 Å². The first-order chi connectivity index (χ1) is 17.0. The van der Waals surface area contributed by atoms with Crippen molar-refractivity contribution in [3.8, 4) is 11.6 Å². The van der Waals surface area contributed by atoms with E-state index < -0.39 is 18.9 Å². The number of halogens is 3. The quantitative estimate of drug-likeness (QED) is 0.536. The lowest BCUT2D eigenvalue weighted by Gasteiger charge is -2.40. The van der Waals surface area contributed by atoms with Gasteiger partial charge in [-0.05, 0) is 19.9 Å². The fourth-order valence-corrected chi connectivity index (χ4v) is 3.82. The van der Waals surface area contributed by atoms with Gasteiger partial charge in [0.25, 0.3) is 5.91 Å². The number of nitrogens with zero attached hydrogens (tertiary/aromatic N) is 6. The van der Waals surface area contributed by atoms with E-state index in [-0.39, 0.29) is 35.4 Å². The summed E-state index contributed by atoms with van der Waals surface area (Å²) >= 11 is 0. The number of hydrogen-bond donors (Lipinski definition) is 0. The van der Waals surface area contributed by atoms with Crippen LogP contribution in [0, 0.1) is 5.92 Å². The van der Waals surface area contributed by atoms with Gasteiger partial charge < -0.3 is 24.2 Å². The number of rotatable bonds is 8. The van der Waals surface area contributed by atoms with Gasteiger partial charge in [-0.1, -0.05) is 0 Å². The fraction of sp³-hybridized carbons (Fsp3) is 0.522. The van der Waals surface area contributed by atoms with Crippen molar-refractivity contribution in [3.63, 3.8) is 0 Å². The predicted octanol–water partition coefficient (Wildman–Crippen LogP) is 2.30. The summed E-state index contributed by atoms with van der Waals surface area (Å²) in [5.74, 6) is 0.277. The van der Waals surface area contributed by atoms with Crippen LogP contribution in [0.1, 0.15) is 20.3 Å². The maximum atomic E-state index is 12.8. The summed E-state index contributed by atoms with van der Waals surface area (Å²) in [6, 6.07) is 2.79. The minimum absolute atomic E-state index is 0.0847. The minimum atomic E-state index is -4.46. The topological polar surface area (TPSA) is 101 Å². The first-order valence-corrected chi connectivity index (χ1v) is 11.5. The summed E-state index contributed by atoms with van der Waals surface area (Å²) in [5.41, 5.74) is 0.525. The van der Waals surface area contributed by atoms with E-state index in [1.807, 2.05) is 18.7 Å². The Kier molecular flexibility index (Phi) is 7.18. The largest absolute Gasteiger partial charge is 0.479 e. The highest BCUT2D eigenvalue weighted by Gasteiger charge is 2.37. The maximum Gasteiger partial charge on any atom is 0.422 e. The monoisotopic (exact) mass is 508 g/mol. The van der Waals surface area contributed by atoms with Crippen molar-refractivity contribution in [2.75, 3.05) is 43.1 Å². The highest BCUT2D eigenvalue weighted by Crippen LogP contribution is 2.27. The molecule has 13 heteroatoms. The van der Waals surface area contributed by atoms with Crippen LogP contribution in [0.4, 0.5) is 24.8 Å². The highest BCUT2D eigenvalue weighted by molar-refractivity contribution is 5.98. The van der Waals surface area contributed by atoms with Crippen LogP contribution in [0.2, 0.25) is 0 Å². The minimum Gasteiger partial charge on any atom is -0.479 e. The Bertz CT molecular complexity index is 1070. The molecule has 2 amide bonds. The standard InChI is InChI=1S/C23H27F3N6O4/c1-14(2)30(3)20(33)15-11-31(12-15)22-28-8-16(9-29-22)32-7-6-18(21(32)34)36-17-4-5-19(27-10-17)35-13-23(24,25)26/h4-5,8-10,14-15,18H,6-7,11-13H2,1-3H3/t18-/m1/s1. The Morgan fingerprint density at radius 2 is 1.86 bits per heavy atom. The zero-order valence-electron chi connectivity index (χ0n) is 20.1. The third-order valence-electron chi connectivity index (χ3n) is 6.10. The number of pyridine rings is 1. The lowest BCUT2D eigenvalue weighted by molar-refractivity contribution is -0.154. The molecule has 2 aromatic heterocycles. The van der Waals surface area contributed by atoms with Crippen LogP contribution < -0.4 is 19.3 Å². The van der Waals surface area contributed by atoms with E-state index >= 15 is 0 Å². The zero-order chi connectivity index (χ0) is 26.0. The molecule has 0 aliphatic carbocycles. The summed E-state index contributed by atoms with van der Waals surface area (Å²) in [5, 5.41) is 0. The van der Waals surface area contributed by atoms with Gasteiger partial charge in [0.1, 0.15) is 5.75 Å². The second-order valence-corrected chi connectivity index (χ2v) is 9.01. The van der Waals surface area contributed by atoms with E-state index in [4.69, 9.17) is 4.74 Å². The second-order valence-electron chi connectivity index (χ2n) is 9.01. The number of ether oxygens (including phenoxy) is 2. The van der Waals surface area contributed by atoms with Crippen molar-refractivity contribution in [2.45, 2.75) is 38.6 Å². The lowest BCUT2D eigenvalue weighted by Crippen LogP contribution is -2.55. The van der Waals surface area contributed by atoms with E-state index in [0.29, 0.717) is 37.7 Å². The van der Waals surface area contributed by atoms with Crippen LogP contribution in [0.5, 0.6) is 11.6 Å². The molecule has 2 aliphatic heterocycles. The van der Waals surface area contributed by atoms with Crippen LogP contribution in [0.3, 0.4) is 0 Å². The summed E-state index contributed by atoms with van der Waals surface area (Å²) in [6.07, 6.45) is -0.484. The van der Waals surface area contributed by atoms with Crippen LogP contribution in [0.15, 0.2) is 30.7 Å². The van der Waals surface area contributed by atoms with Crippen molar-refractivity contribution < 1.29 is 32.2 Å². The molecule has 2 aliphatic rings. The van der Waals surface area contributed by atoms with Gasteiger partial charge in [-0.25, -0.2) is 15.0 Å². The van der Waals surface area contributed by atoms with Crippen LogP contribution >= 0.6 is 0 Å². The number of aromatic nitrogens is 3. The van der Waals surface area contributed by atoms with E-state index in [2.05, 4.69) is 19.7 Å². The molecule has 36 heavy (non-hydrogen) atoms. The number of carbonyl (C=O) groups excluding carboxylic acids is 2. The third kappa shape index (κ3) is 5.77. The SMILES string of the molecule is CC(C)N(C)C(=O)C1CN(c2ncc(N3CC[C@@H](Oc4ccc(OCC(F)(F)F)nc4)C3=O)cn2)C1. The molecule has 0 saturated carbocycles. The summed E-state index contributed by atoms with van der Waals surface area (Å²) < 4.78 is 47.0. The van der Waals surface area contributed by atoms with Crippen molar-refractivity contribution >= 4 is 23.5 Å². The Balaban J connectivity index is 1.29. The van der Waals surface area contributed by atoms with E-state index in [1.54, 1.807) is 24.3 Å². The van der Waals surface area contributed by atoms with Gasteiger partial charge >= 0.3 is 6.18 Å². The molecule has 10 nitrogen and oxygen atoms in total. The Morgan fingerprint density at radius 3 is 2.44 bits per heavy atom. The zero-order valence-corrected chi connectivity index (χ0v) is 20.1. The van der Waals surface area contributed by atoms with Gasteiger partial charge in [0.15, 0.2) is 12.7 Å². The van der Waals surface area contributed by atoms with Crippen LogP contribution in [0.25, 0.3) is 0 Å². The maximum absolute atomic E-state index is 12.8. The number of amides is 2. The first-order valence-electron chi connectivity index (χ1n) is 11.5. The first kappa shape index (κ1) is 25.5. The number of hydrogen-bond acceptors (Lipinski definition) is 8. The van der Waals surface area contributed by atoms with Crippen LogP contribution in [-0.2, 0) is 9.59 Å². The molecule has 0 N–H and O–H groups in total. The molecule has 4 rings (SSSR count). The summed E-state index contributed by atoms with van der Waals surface area (Å²) in [6.45, 7) is 3.98. The molecule has 0 unspecified atom stereocenters. The molecule has 0 radical (unpaired) electrons. The average Bonchev–Trinajstić information content (AvgIpc) is 3.16. The average molecular weight is 509 g/mol.